The van der Waals surface area contributed by atoms with Gasteiger partial charge in [0.1, 0.15) is 0 Å². The van der Waals surface area contributed by atoms with Crippen LogP contribution in [-0.4, -0.2) is 0 Å². The van der Waals surface area contributed by atoms with Crippen molar-refractivity contribution in [1.29, 1.82) is 0 Å². The van der Waals surface area contributed by atoms with Crippen LogP contribution < -0.4 is 0 Å². The first kappa shape index (κ1) is 13.6. The van der Waals surface area contributed by atoms with Crippen molar-refractivity contribution in [2.75, 3.05) is 0 Å². The fourth-order valence-electron chi connectivity index (χ4n) is 1.77. The fraction of sp³-hybridized carbons (Fsp3) is 0.600. The van der Waals surface area contributed by atoms with Crippen molar-refractivity contribution in [3.05, 3.63) is 35.4 Å². The van der Waals surface area contributed by atoms with E-state index >= 15 is 0 Å². The first-order chi connectivity index (χ1) is 7.51. The zero-order valence-electron chi connectivity index (χ0n) is 10.9. The third-order valence-corrected chi connectivity index (χ3v) is 3.95. The molecule has 0 saturated heterocycles. The number of hydrogen-bond acceptors (Lipinski definition) is 0. The molecular weight excluding hydrogens is 216 g/mol. The SMILES string of the molecule is CCCC(Cl)c1ccc(C(C)(C)CC)cc1. The fourth-order valence-corrected chi connectivity index (χ4v) is 2.13. The molecule has 0 radical (unpaired) electrons. The van der Waals surface area contributed by atoms with Crippen LogP contribution in [0.3, 0.4) is 0 Å². The van der Waals surface area contributed by atoms with E-state index in [1.165, 1.54) is 11.1 Å². The van der Waals surface area contributed by atoms with E-state index in [0.717, 1.165) is 19.3 Å². The summed E-state index contributed by atoms with van der Waals surface area (Å²) in [5, 5.41) is 0.170. The zero-order chi connectivity index (χ0) is 12.2. The topological polar surface area (TPSA) is 0 Å². The van der Waals surface area contributed by atoms with Crippen LogP contribution in [0, 0.1) is 0 Å². The summed E-state index contributed by atoms with van der Waals surface area (Å²) in [7, 11) is 0. The van der Waals surface area contributed by atoms with Gasteiger partial charge in [-0.25, -0.2) is 0 Å². The molecular formula is C15H23Cl. The van der Waals surface area contributed by atoms with Gasteiger partial charge in [-0.3, -0.25) is 0 Å². The van der Waals surface area contributed by atoms with E-state index < -0.39 is 0 Å². The quantitative estimate of drug-likeness (QED) is 0.598. The van der Waals surface area contributed by atoms with E-state index in [2.05, 4.69) is 52.0 Å². The van der Waals surface area contributed by atoms with E-state index in [1.54, 1.807) is 0 Å². The van der Waals surface area contributed by atoms with E-state index in [1.807, 2.05) is 0 Å². The van der Waals surface area contributed by atoms with Gasteiger partial charge in [-0.1, -0.05) is 58.4 Å². The van der Waals surface area contributed by atoms with Crippen LogP contribution in [0.25, 0.3) is 0 Å². The van der Waals surface area contributed by atoms with Gasteiger partial charge < -0.3 is 0 Å². The maximum Gasteiger partial charge on any atom is 0.0585 e. The first-order valence-electron chi connectivity index (χ1n) is 6.25. The third-order valence-electron chi connectivity index (χ3n) is 3.48. The number of halogens is 1. The highest BCUT2D eigenvalue weighted by atomic mass is 35.5. The second-order valence-electron chi connectivity index (χ2n) is 5.12. The lowest BCUT2D eigenvalue weighted by Gasteiger charge is -2.23. The Kier molecular flexibility index (Phi) is 4.86. The maximum absolute atomic E-state index is 6.31. The van der Waals surface area contributed by atoms with Gasteiger partial charge in [0.05, 0.1) is 5.38 Å². The summed E-state index contributed by atoms with van der Waals surface area (Å²) in [6, 6.07) is 8.81. The number of benzene rings is 1. The highest BCUT2D eigenvalue weighted by Gasteiger charge is 2.18. The molecule has 0 aliphatic heterocycles. The first-order valence-corrected chi connectivity index (χ1v) is 6.69. The van der Waals surface area contributed by atoms with Gasteiger partial charge in [0.25, 0.3) is 0 Å². The van der Waals surface area contributed by atoms with Crippen LogP contribution in [0.1, 0.15) is 63.5 Å². The minimum Gasteiger partial charge on any atom is -0.118 e. The van der Waals surface area contributed by atoms with Crippen molar-refractivity contribution in [1.82, 2.24) is 0 Å². The van der Waals surface area contributed by atoms with Crippen LogP contribution in [0.15, 0.2) is 24.3 Å². The number of rotatable bonds is 5. The van der Waals surface area contributed by atoms with E-state index in [0.29, 0.717) is 0 Å². The third kappa shape index (κ3) is 3.25. The average Bonchev–Trinajstić information content (AvgIpc) is 2.29. The van der Waals surface area contributed by atoms with Gasteiger partial charge in [-0.05, 0) is 29.4 Å². The van der Waals surface area contributed by atoms with Gasteiger partial charge >= 0.3 is 0 Å². The molecule has 0 aromatic heterocycles. The Labute approximate surface area is 105 Å². The number of hydrogen-bond donors (Lipinski definition) is 0. The molecule has 90 valence electrons. The minimum absolute atomic E-state index is 0.170. The van der Waals surface area contributed by atoms with Crippen molar-refractivity contribution in [3.8, 4) is 0 Å². The van der Waals surface area contributed by atoms with Gasteiger partial charge in [0.2, 0.25) is 0 Å². The van der Waals surface area contributed by atoms with Crippen LogP contribution in [0.2, 0.25) is 0 Å². The Hall–Kier alpha value is -0.490. The van der Waals surface area contributed by atoms with Crippen molar-refractivity contribution in [3.63, 3.8) is 0 Å². The highest BCUT2D eigenvalue weighted by Crippen LogP contribution is 2.30. The molecule has 0 bridgehead atoms. The van der Waals surface area contributed by atoms with E-state index in [-0.39, 0.29) is 10.8 Å². The van der Waals surface area contributed by atoms with Crippen molar-refractivity contribution in [2.24, 2.45) is 0 Å². The summed E-state index contributed by atoms with van der Waals surface area (Å²) in [5.74, 6) is 0. The van der Waals surface area contributed by atoms with Crippen LogP contribution in [-0.2, 0) is 5.41 Å². The van der Waals surface area contributed by atoms with Crippen molar-refractivity contribution < 1.29 is 0 Å². The summed E-state index contributed by atoms with van der Waals surface area (Å²) in [5.41, 5.74) is 2.92. The Morgan fingerprint density at radius 3 is 2.12 bits per heavy atom. The Balaban J connectivity index is 2.83. The second-order valence-corrected chi connectivity index (χ2v) is 5.64. The predicted octanol–water partition coefficient (Wildman–Crippen LogP) is 5.45. The summed E-state index contributed by atoms with van der Waals surface area (Å²) in [4.78, 5) is 0. The molecule has 0 spiro atoms. The molecule has 1 aromatic carbocycles. The molecule has 0 aliphatic rings. The number of alkyl halides is 1. The van der Waals surface area contributed by atoms with Crippen LogP contribution in [0.5, 0.6) is 0 Å². The van der Waals surface area contributed by atoms with Gasteiger partial charge in [-0.15, -0.1) is 11.6 Å². The van der Waals surface area contributed by atoms with Gasteiger partial charge in [-0.2, -0.15) is 0 Å². The predicted molar refractivity (Wildman–Crippen MR) is 73.3 cm³/mol. The molecule has 0 aliphatic carbocycles. The summed E-state index contributed by atoms with van der Waals surface area (Å²) in [6.07, 6.45) is 3.35. The van der Waals surface area contributed by atoms with E-state index in [4.69, 9.17) is 11.6 Å². The van der Waals surface area contributed by atoms with Gasteiger partial charge in [0.15, 0.2) is 0 Å². The molecule has 0 amide bonds. The molecule has 1 atom stereocenters. The normalized spacial score (nSPS) is 13.8. The minimum atomic E-state index is 0.170. The second kappa shape index (κ2) is 5.72. The lowest BCUT2D eigenvalue weighted by molar-refractivity contribution is 0.506. The standard InChI is InChI=1S/C15H23Cl/c1-5-7-14(16)12-8-10-13(11-9-12)15(3,4)6-2/h8-11,14H,5-7H2,1-4H3. The average molecular weight is 239 g/mol. The van der Waals surface area contributed by atoms with Crippen LogP contribution in [0.4, 0.5) is 0 Å². The summed E-state index contributed by atoms with van der Waals surface area (Å²) < 4.78 is 0. The zero-order valence-corrected chi connectivity index (χ0v) is 11.6. The lowest BCUT2D eigenvalue weighted by Crippen LogP contribution is -2.15. The molecule has 0 heterocycles. The smallest absolute Gasteiger partial charge is 0.0585 e. The monoisotopic (exact) mass is 238 g/mol. The largest absolute Gasteiger partial charge is 0.118 e. The maximum atomic E-state index is 6.31. The molecule has 16 heavy (non-hydrogen) atoms. The van der Waals surface area contributed by atoms with Crippen molar-refractivity contribution >= 4 is 11.6 Å². The molecule has 0 N–H and O–H groups in total. The lowest BCUT2D eigenvalue weighted by atomic mass is 9.82. The molecule has 0 saturated carbocycles. The molecule has 1 aromatic rings. The highest BCUT2D eigenvalue weighted by molar-refractivity contribution is 6.20. The Morgan fingerprint density at radius 2 is 1.69 bits per heavy atom. The summed E-state index contributed by atoms with van der Waals surface area (Å²) >= 11 is 6.31. The van der Waals surface area contributed by atoms with E-state index in [9.17, 15) is 0 Å². The molecule has 1 rings (SSSR count). The molecule has 1 unspecified atom stereocenters. The molecule has 0 nitrogen and oxygen atoms in total. The van der Waals surface area contributed by atoms with Gasteiger partial charge in [0, 0.05) is 0 Å². The Bertz CT molecular complexity index is 311. The Morgan fingerprint density at radius 1 is 1.12 bits per heavy atom. The van der Waals surface area contributed by atoms with Crippen molar-refractivity contribution in [2.45, 2.75) is 57.7 Å². The summed E-state index contributed by atoms with van der Waals surface area (Å²) in [6.45, 7) is 8.97. The van der Waals surface area contributed by atoms with Crippen LogP contribution >= 0.6 is 11.6 Å². The molecule has 1 heteroatoms. The molecule has 0 fully saturated rings.